The lowest BCUT2D eigenvalue weighted by atomic mass is 9.91. The summed E-state index contributed by atoms with van der Waals surface area (Å²) in [4.78, 5) is 0. The molecule has 2 N–H and O–H groups in total. The summed E-state index contributed by atoms with van der Waals surface area (Å²) in [6, 6.07) is 0.472. The zero-order chi connectivity index (χ0) is 7.72. The van der Waals surface area contributed by atoms with Crippen molar-refractivity contribution in [2.45, 2.75) is 39.7 Å². The Kier molecular flexibility index (Phi) is 2.35. The van der Waals surface area contributed by atoms with E-state index in [1.54, 1.807) is 0 Å². The Morgan fingerprint density at radius 3 is 2.10 bits per heavy atom. The Morgan fingerprint density at radius 1 is 1.30 bits per heavy atom. The maximum atomic E-state index is 5.93. The molecule has 2 unspecified atom stereocenters. The van der Waals surface area contributed by atoms with Crippen molar-refractivity contribution in [3.63, 3.8) is 0 Å². The molecule has 1 aliphatic rings. The first kappa shape index (κ1) is 8.06. The van der Waals surface area contributed by atoms with Gasteiger partial charge >= 0.3 is 0 Å². The van der Waals surface area contributed by atoms with Crippen LogP contribution >= 0.6 is 0 Å². The summed E-state index contributed by atoms with van der Waals surface area (Å²) in [5.74, 6) is 2.48. The van der Waals surface area contributed by atoms with E-state index in [4.69, 9.17) is 5.73 Å². The maximum Gasteiger partial charge on any atom is 0.00699 e. The third kappa shape index (κ3) is 1.20. The summed E-state index contributed by atoms with van der Waals surface area (Å²) in [5.41, 5.74) is 5.93. The Hall–Kier alpha value is -0.0400. The van der Waals surface area contributed by atoms with Gasteiger partial charge in [-0.05, 0) is 24.2 Å². The molecule has 0 spiro atoms. The fourth-order valence-corrected chi connectivity index (χ4v) is 2.14. The molecule has 1 heteroatoms. The molecule has 0 saturated heterocycles. The zero-order valence-electron chi connectivity index (χ0n) is 7.30. The fraction of sp³-hybridized carbons (Fsp3) is 1.00. The van der Waals surface area contributed by atoms with Crippen LogP contribution in [-0.4, -0.2) is 6.04 Å². The smallest absolute Gasteiger partial charge is 0.00699 e. The van der Waals surface area contributed by atoms with Gasteiger partial charge in [-0.25, -0.2) is 0 Å². The molecule has 0 radical (unpaired) electrons. The summed E-state index contributed by atoms with van der Waals surface area (Å²) in [7, 11) is 0. The highest BCUT2D eigenvalue weighted by molar-refractivity contribution is 4.87. The van der Waals surface area contributed by atoms with E-state index in [0.29, 0.717) is 6.04 Å². The normalized spacial score (nSPS) is 48.0. The van der Waals surface area contributed by atoms with Crippen molar-refractivity contribution < 1.29 is 0 Å². The van der Waals surface area contributed by atoms with Crippen LogP contribution in [-0.2, 0) is 0 Å². The van der Waals surface area contributed by atoms with Gasteiger partial charge in [0.2, 0.25) is 0 Å². The molecule has 4 atom stereocenters. The lowest BCUT2D eigenvalue weighted by Gasteiger charge is -2.16. The van der Waals surface area contributed by atoms with E-state index in [2.05, 4.69) is 20.8 Å². The highest BCUT2D eigenvalue weighted by Gasteiger charge is 2.34. The second-order valence-electron chi connectivity index (χ2n) is 3.79. The first-order chi connectivity index (χ1) is 4.66. The third-order valence-corrected chi connectivity index (χ3v) is 3.35. The molecule has 0 heterocycles. The van der Waals surface area contributed by atoms with Gasteiger partial charge in [0.15, 0.2) is 0 Å². The van der Waals surface area contributed by atoms with Crippen LogP contribution < -0.4 is 5.73 Å². The lowest BCUT2D eigenvalue weighted by Crippen LogP contribution is -2.24. The number of hydrogen-bond donors (Lipinski definition) is 1. The largest absolute Gasteiger partial charge is 0.327 e. The van der Waals surface area contributed by atoms with Gasteiger partial charge in [0, 0.05) is 6.04 Å². The second-order valence-corrected chi connectivity index (χ2v) is 3.79. The standard InChI is InChI=1S/C9H19N/c1-4-8-5-9(10)7(3)6(8)2/h6-9H,4-5,10H2,1-3H3/t6?,7?,8-,9+/m0/s1. The topological polar surface area (TPSA) is 26.0 Å². The van der Waals surface area contributed by atoms with Gasteiger partial charge in [-0.15, -0.1) is 0 Å². The fourth-order valence-electron chi connectivity index (χ4n) is 2.14. The molecule has 0 bridgehead atoms. The van der Waals surface area contributed by atoms with Crippen LogP contribution in [0.5, 0.6) is 0 Å². The van der Waals surface area contributed by atoms with Gasteiger partial charge in [-0.1, -0.05) is 27.2 Å². The third-order valence-electron chi connectivity index (χ3n) is 3.35. The van der Waals surface area contributed by atoms with Gasteiger partial charge in [-0.3, -0.25) is 0 Å². The van der Waals surface area contributed by atoms with E-state index in [0.717, 1.165) is 17.8 Å². The average molecular weight is 141 g/mol. The Labute approximate surface area is 64.0 Å². The van der Waals surface area contributed by atoms with Gasteiger partial charge < -0.3 is 5.73 Å². The van der Waals surface area contributed by atoms with Crippen LogP contribution in [0.25, 0.3) is 0 Å². The summed E-state index contributed by atoms with van der Waals surface area (Å²) in [5, 5.41) is 0. The number of nitrogens with two attached hydrogens (primary N) is 1. The van der Waals surface area contributed by atoms with Crippen LogP contribution in [0, 0.1) is 17.8 Å². The van der Waals surface area contributed by atoms with E-state index in [-0.39, 0.29) is 0 Å². The van der Waals surface area contributed by atoms with E-state index in [9.17, 15) is 0 Å². The summed E-state index contributed by atoms with van der Waals surface area (Å²) >= 11 is 0. The minimum atomic E-state index is 0.472. The first-order valence-corrected chi connectivity index (χ1v) is 4.42. The molecule has 1 saturated carbocycles. The van der Waals surface area contributed by atoms with Gasteiger partial charge in [0.25, 0.3) is 0 Å². The van der Waals surface area contributed by atoms with Crippen molar-refractivity contribution in [1.82, 2.24) is 0 Å². The van der Waals surface area contributed by atoms with Crippen LogP contribution in [0.2, 0.25) is 0 Å². The molecule has 0 aliphatic heterocycles. The second kappa shape index (κ2) is 2.91. The van der Waals surface area contributed by atoms with Crippen LogP contribution in [0.1, 0.15) is 33.6 Å². The number of hydrogen-bond acceptors (Lipinski definition) is 1. The van der Waals surface area contributed by atoms with Gasteiger partial charge in [-0.2, -0.15) is 0 Å². The Balaban J connectivity index is 2.53. The predicted octanol–water partition coefficient (Wildman–Crippen LogP) is 2.02. The first-order valence-electron chi connectivity index (χ1n) is 4.42. The monoisotopic (exact) mass is 141 g/mol. The van der Waals surface area contributed by atoms with Gasteiger partial charge in [0.1, 0.15) is 0 Å². The summed E-state index contributed by atoms with van der Waals surface area (Å²) in [6.45, 7) is 6.89. The van der Waals surface area contributed by atoms with Crippen molar-refractivity contribution in [2.24, 2.45) is 23.5 Å². The molecule has 1 rings (SSSR count). The van der Waals surface area contributed by atoms with Crippen LogP contribution in [0.15, 0.2) is 0 Å². The molecule has 1 fully saturated rings. The molecule has 0 amide bonds. The van der Waals surface area contributed by atoms with Gasteiger partial charge in [0.05, 0.1) is 0 Å². The summed E-state index contributed by atoms with van der Waals surface area (Å²) < 4.78 is 0. The van der Waals surface area contributed by atoms with Crippen molar-refractivity contribution in [1.29, 1.82) is 0 Å². The molecule has 1 nitrogen and oxygen atoms in total. The molecule has 0 aromatic heterocycles. The molecule has 60 valence electrons. The lowest BCUT2D eigenvalue weighted by molar-refractivity contribution is 0.344. The van der Waals surface area contributed by atoms with Crippen molar-refractivity contribution in [3.05, 3.63) is 0 Å². The SMILES string of the molecule is CC[C@H]1C[C@@H](N)C(C)C1C. The van der Waals surface area contributed by atoms with Crippen LogP contribution in [0.4, 0.5) is 0 Å². The Morgan fingerprint density at radius 2 is 1.90 bits per heavy atom. The van der Waals surface area contributed by atoms with Crippen molar-refractivity contribution >= 4 is 0 Å². The number of rotatable bonds is 1. The van der Waals surface area contributed by atoms with E-state index in [1.807, 2.05) is 0 Å². The quantitative estimate of drug-likeness (QED) is 0.594. The maximum absolute atomic E-state index is 5.93. The van der Waals surface area contributed by atoms with Crippen LogP contribution in [0.3, 0.4) is 0 Å². The average Bonchev–Trinajstić information content (AvgIpc) is 2.17. The molecule has 0 aromatic carbocycles. The minimum absolute atomic E-state index is 0.472. The molecule has 0 aromatic rings. The highest BCUT2D eigenvalue weighted by atomic mass is 14.7. The zero-order valence-corrected chi connectivity index (χ0v) is 7.30. The molecular weight excluding hydrogens is 122 g/mol. The van der Waals surface area contributed by atoms with E-state index >= 15 is 0 Å². The predicted molar refractivity (Wildman–Crippen MR) is 44.7 cm³/mol. The van der Waals surface area contributed by atoms with E-state index in [1.165, 1.54) is 12.8 Å². The molecule has 10 heavy (non-hydrogen) atoms. The Bertz CT molecular complexity index is 111. The van der Waals surface area contributed by atoms with E-state index < -0.39 is 0 Å². The highest BCUT2D eigenvalue weighted by Crippen LogP contribution is 2.37. The van der Waals surface area contributed by atoms with Crippen molar-refractivity contribution in [3.8, 4) is 0 Å². The molecule has 1 aliphatic carbocycles. The minimum Gasteiger partial charge on any atom is -0.327 e. The summed E-state index contributed by atoms with van der Waals surface area (Å²) in [6.07, 6.45) is 2.55. The van der Waals surface area contributed by atoms with Crippen molar-refractivity contribution in [2.75, 3.05) is 0 Å². The molecular formula is C9H19N.